The molecular weight excluding hydrogens is 188 g/mol. The molecule has 0 saturated carbocycles. The predicted octanol–water partition coefficient (Wildman–Crippen LogP) is 2.48. The molecular formula is C12H20N2O. The van der Waals surface area contributed by atoms with E-state index in [0.717, 1.165) is 18.7 Å². The zero-order valence-electron chi connectivity index (χ0n) is 9.73. The van der Waals surface area contributed by atoms with Crippen molar-refractivity contribution < 1.29 is 4.84 Å². The number of nitrogens with two attached hydrogens (primary N) is 1. The Hall–Kier alpha value is -1.06. The second kappa shape index (κ2) is 5.73. The molecule has 15 heavy (non-hydrogen) atoms. The van der Waals surface area contributed by atoms with Gasteiger partial charge in [0.15, 0.2) is 0 Å². The molecule has 1 atom stereocenters. The van der Waals surface area contributed by atoms with Gasteiger partial charge in [0, 0.05) is 18.8 Å². The highest BCUT2D eigenvalue weighted by Gasteiger charge is 2.05. The first-order valence-electron chi connectivity index (χ1n) is 5.43. The van der Waals surface area contributed by atoms with E-state index in [4.69, 9.17) is 10.7 Å². The van der Waals surface area contributed by atoms with Crippen molar-refractivity contribution in [2.24, 2.45) is 5.90 Å². The minimum absolute atomic E-state index is 0.0456. The molecule has 0 aliphatic rings. The van der Waals surface area contributed by atoms with Crippen molar-refractivity contribution in [3.63, 3.8) is 0 Å². The quantitative estimate of drug-likeness (QED) is 0.755. The van der Waals surface area contributed by atoms with Gasteiger partial charge in [-0.2, -0.15) is 0 Å². The van der Waals surface area contributed by atoms with Crippen molar-refractivity contribution >= 4 is 5.69 Å². The molecule has 1 aromatic carbocycles. The van der Waals surface area contributed by atoms with Crippen LogP contribution in [0.3, 0.4) is 0 Å². The van der Waals surface area contributed by atoms with Crippen molar-refractivity contribution in [2.45, 2.75) is 26.9 Å². The number of benzene rings is 1. The van der Waals surface area contributed by atoms with E-state index in [9.17, 15) is 0 Å². The summed E-state index contributed by atoms with van der Waals surface area (Å²) >= 11 is 0. The third-order valence-electron chi connectivity index (χ3n) is 2.70. The first kappa shape index (κ1) is 12.0. The van der Waals surface area contributed by atoms with Crippen LogP contribution in [0.5, 0.6) is 0 Å². The Kier molecular flexibility index (Phi) is 4.59. The van der Waals surface area contributed by atoms with E-state index in [1.54, 1.807) is 0 Å². The normalized spacial score (nSPS) is 12.5. The Balaban J connectivity index is 2.79. The van der Waals surface area contributed by atoms with Gasteiger partial charge in [0.1, 0.15) is 6.10 Å². The highest BCUT2D eigenvalue weighted by Crippen LogP contribution is 2.20. The van der Waals surface area contributed by atoms with Crippen LogP contribution in [-0.2, 0) is 4.84 Å². The molecule has 84 valence electrons. The van der Waals surface area contributed by atoms with Crippen molar-refractivity contribution in [2.75, 3.05) is 18.0 Å². The van der Waals surface area contributed by atoms with Gasteiger partial charge in [0.2, 0.25) is 0 Å². The predicted molar refractivity (Wildman–Crippen MR) is 63.7 cm³/mol. The van der Waals surface area contributed by atoms with Crippen LogP contribution in [0.1, 0.15) is 32.4 Å². The average Bonchev–Trinajstić information content (AvgIpc) is 2.30. The highest BCUT2D eigenvalue weighted by atomic mass is 16.6. The van der Waals surface area contributed by atoms with Crippen molar-refractivity contribution in [3.05, 3.63) is 29.8 Å². The topological polar surface area (TPSA) is 38.5 Å². The summed E-state index contributed by atoms with van der Waals surface area (Å²) in [5.74, 6) is 5.14. The van der Waals surface area contributed by atoms with Crippen LogP contribution in [0, 0.1) is 0 Å². The molecule has 1 rings (SSSR count). The Labute approximate surface area is 91.8 Å². The van der Waals surface area contributed by atoms with Crippen LogP contribution in [0.25, 0.3) is 0 Å². The van der Waals surface area contributed by atoms with Crippen molar-refractivity contribution in [1.82, 2.24) is 0 Å². The van der Waals surface area contributed by atoms with Crippen molar-refractivity contribution in [3.8, 4) is 0 Å². The molecule has 0 spiro atoms. The fourth-order valence-electron chi connectivity index (χ4n) is 1.62. The molecule has 0 aromatic heterocycles. The molecule has 0 aliphatic heterocycles. The lowest BCUT2D eigenvalue weighted by molar-refractivity contribution is 0.0664. The van der Waals surface area contributed by atoms with E-state index in [1.807, 2.05) is 6.92 Å². The van der Waals surface area contributed by atoms with Gasteiger partial charge in [0.05, 0.1) is 0 Å². The molecule has 2 N–H and O–H groups in total. The maximum absolute atomic E-state index is 5.14. The van der Waals surface area contributed by atoms with E-state index >= 15 is 0 Å². The van der Waals surface area contributed by atoms with E-state index in [1.165, 1.54) is 5.69 Å². The average molecular weight is 208 g/mol. The van der Waals surface area contributed by atoms with Gasteiger partial charge < -0.3 is 4.90 Å². The van der Waals surface area contributed by atoms with Crippen LogP contribution in [0.15, 0.2) is 24.3 Å². The molecule has 0 fully saturated rings. The number of hydrogen-bond donors (Lipinski definition) is 1. The van der Waals surface area contributed by atoms with Gasteiger partial charge in [-0.15, -0.1) is 0 Å². The zero-order valence-corrected chi connectivity index (χ0v) is 9.73. The fourth-order valence-corrected chi connectivity index (χ4v) is 1.62. The number of hydrogen-bond acceptors (Lipinski definition) is 3. The molecule has 3 heteroatoms. The third kappa shape index (κ3) is 2.94. The summed E-state index contributed by atoms with van der Waals surface area (Å²) < 4.78 is 0. The van der Waals surface area contributed by atoms with Gasteiger partial charge in [-0.3, -0.25) is 4.84 Å². The molecule has 1 aromatic rings. The summed E-state index contributed by atoms with van der Waals surface area (Å²) in [4.78, 5) is 7.08. The summed E-state index contributed by atoms with van der Waals surface area (Å²) in [5, 5.41) is 0. The number of anilines is 1. The van der Waals surface area contributed by atoms with E-state index < -0.39 is 0 Å². The summed E-state index contributed by atoms with van der Waals surface area (Å²) in [6, 6.07) is 8.34. The third-order valence-corrected chi connectivity index (χ3v) is 2.70. The first-order valence-corrected chi connectivity index (χ1v) is 5.43. The second-order valence-electron chi connectivity index (χ2n) is 3.54. The lowest BCUT2D eigenvalue weighted by Crippen LogP contribution is -2.21. The molecule has 1 unspecified atom stereocenters. The van der Waals surface area contributed by atoms with Gasteiger partial charge in [-0.1, -0.05) is 12.1 Å². The second-order valence-corrected chi connectivity index (χ2v) is 3.54. The Morgan fingerprint density at radius 3 is 2.13 bits per heavy atom. The maximum atomic E-state index is 5.14. The summed E-state index contributed by atoms with van der Waals surface area (Å²) in [7, 11) is 0. The minimum atomic E-state index is -0.0456. The van der Waals surface area contributed by atoms with Gasteiger partial charge in [-0.25, -0.2) is 5.90 Å². The summed E-state index contributed by atoms with van der Waals surface area (Å²) in [5.41, 5.74) is 2.35. The molecule has 0 radical (unpaired) electrons. The van der Waals surface area contributed by atoms with Gasteiger partial charge >= 0.3 is 0 Å². The largest absolute Gasteiger partial charge is 0.372 e. The summed E-state index contributed by atoms with van der Waals surface area (Å²) in [6.45, 7) is 8.30. The molecule has 0 aliphatic carbocycles. The standard InChI is InChI=1S/C12H20N2O/c1-4-14(5-2)12-8-6-11(7-9-12)10(3)15-13/h6-10H,4-5,13H2,1-3H3. The molecule has 0 saturated heterocycles. The van der Waals surface area contributed by atoms with Crippen LogP contribution in [0.4, 0.5) is 5.69 Å². The smallest absolute Gasteiger partial charge is 0.101 e. The maximum Gasteiger partial charge on any atom is 0.101 e. The Morgan fingerprint density at radius 2 is 1.73 bits per heavy atom. The van der Waals surface area contributed by atoms with Crippen molar-refractivity contribution in [1.29, 1.82) is 0 Å². The summed E-state index contributed by atoms with van der Waals surface area (Å²) in [6.07, 6.45) is -0.0456. The lowest BCUT2D eigenvalue weighted by Gasteiger charge is -2.21. The van der Waals surface area contributed by atoms with Gasteiger partial charge in [-0.05, 0) is 38.5 Å². The molecule has 0 bridgehead atoms. The Morgan fingerprint density at radius 1 is 1.20 bits per heavy atom. The van der Waals surface area contributed by atoms with Crippen LogP contribution in [-0.4, -0.2) is 13.1 Å². The number of rotatable bonds is 5. The molecule has 3 nitrogen and oxygen atoms in total. The lowest BCUT2D eigenvalue weighted by atomic mass is 10.1. The van der Waals surface area contributed by atoms with E-state index in [2.05, 4.69) is 43.0 Å². The van der Waals surface area contributed by atoms with E-state index in [-0.39, 0.29) is 6.10 Å². The van der Waals surface area contributed by atoms with E-state index in [0.29, 0.717) is 0 Å². The van der Waals surface area contributed by atoms with Crippen LogP contribution >= 0.6 is 0 Å². The van der Waals surface area contributed by atoms with Gasteiger partial charge in [0.25, 0.3) is 0 Å². The monoisotopic (exact) mass is 208 g/mol. The highest BCUT2D eigenvalue weighted by molar-refractivity contribution is 5.47. The fraction of sp³-hybridized carbons (Fsp3) is 0.500. The molecule has 0 amide bonds. The van der Waals surface area contributed by atoms with Crippen LogP contribution < -0.4 is 10.8 Å². The number of nitrogens with zero attached hydrogens (tertiary/aromatic N) is 1. The SMILES string of the molecule is CCN(CC)c1ccc(C(C)ON)cc1. The minimum Gasteiger partial charge on any atom is -0.372 e. The van der Waals surface area contributed by atoms with Crippen LogP contribution in [0.2, 0.25) is 0 Å². The first-order chi connectivity index (χ1) is 7.22. The Bertz CT molecular complexity index is 280. The molecule has 0 heterocycles. The zero-order chi connectivity index (χ0) is 11.3.